The van der Waals surface area contributed by atoms with Crippen LogP contribution in [0.3, 0.4) is 0 Å². The van der Waals surface area contributed by atoms with Gasteiger partial charge in [-0.15, -0.1) is 12.3 Å². The van der Waals surface area contributed by atoms with Crippen LogP contribution >= 0.6 is 0 Å². The van der Waals surface area contributed by atoms with Gasteiger partial charge in [0.05, 0.1) is 0 Å². The minimum Gasteiger partial charge on any atom is -0.327 e. The first-order chi connectivity index (χ1) is 9.31. The lowest BCUT2D eigenvalue weighted by Gasteiger charge is -2.07. The molecule has 0 aliphatic carbocycles. The van der Waals surface area contributed by atoms with E-state index in [1.807, 2.05) is 0 Å². The van der Waals surface area contributed by atoms with E-state index >= 15 is 0 Å². The number of rotatable bonds is 14. The number of hydrogen-bond donors (Lipinski definition) is 1. The third-order valence-corrected chi connectivity index (χ3v) is 3.81. The molecule has 0 aromatic heterocycles. The molecule has 0 fully saturated rings. The van der Waals surface area contributed by atoms with Crippen LogP contribution in [0.1, 0.15) is 96.8 Å². The molecule has 1 heteroatoms. The zero-order valence-corrected chi connectivity index (χ0v) is 13.1. The fourth-order valence-electron chi connectivity index (χ4n) is 2.50. The smallest absolute Gasteiger partial charge is 0.0238 e. The third kappa shape index (κ3) is 15.5. The molecule has 1 atom stereocenters. The van der Waals surface area contributed by atoms with Gasteiger partial charge in [0.1, 0.15) is 0 Å². The van der Waals surface area contributed by atoms with Gasteiger partial charge < -0.3 is 5.73 Å². The summed E-state index contributed by atoms with van der Waals surface area (Å²) in [6.45, 7) is 2.28. The number of unbranched alkanes of at least 4 members (excludes halogenated alkanes) is 11. The summed E-state index contributed by atoms with van der Waals surface area (Å²) >= 11 is 0. The van der Waals surface area contributed by atoms with Crippen LogP contribution in [0.5, 0.6) is 0 Å². The van der Waals surface area contributed by atoms with E-state index in [1.54, 1.807) is 0 Å². The fourth-order valence-corrected chi connectivity index (χ4v) is 2.50. The van der Waals surface area contributed by atoms with E-state index in [2.05, 4.69) is 12.8 Å². The van der Waals surface area contributed by atoms with Crippen LogP contribution < -0.4 is 5.73 Å². The first kappa shape index (κ1) is 18.5. The third-order valence-electron chi connectivity index (χ3n) is 3.81. The molecule has 0 aromatic carbocycles. The summed E-state index contributed by atoms with van der Waals surface area (Å²) in [5, 5.41) is 0. The Labute approximate surface area is 121 Å². The predicted octanol–water partition coefficient (Wildman–Crippen LogP) is 5.43. The van der Waals surface area contributed by atoms with Crippen molar-refractivity contribution in [1.29, 1.82) is 0 Å². The van der Waals surface area contributed by atoms with Gasteiger partial charge in [-0.2, -0.15) is 0 Å². The van der Waals surface area contributed by atoms with Crippen molar-refractivity contribution in [3.8, 4) is 12.3 Å². The summed E-state index contributed by atoms with van der Waals surface area (Å²) < 4.78 is 0. The van der Waals surface area contributed by atoms with Crippen molar-refractivity contribution >= 4 is 0 Å². The van der Waals surface area contributed by atoms with E-state index in [0.717, 1.165) is 12.8 Å². The molecule has 112 valence electrons. The van der Waals surface area contributed by atoms with Gasteiger partial charge in [0.25, 0.3) is 0 Å². The van der Waals surface area contributed by atoms with Crippen LogP contribution in [0.15, 0.2) is 0 Å². The van der Waals surface area contributed by atoms with Gasteiger partial charge in [0, 0.05) is 12.5 Å². The van der Waals surface area contributed by atoms with Crippen molar-refractivity contribution in [3.63, 3.8) is 0 Å². The van der Waals surface area contributed by atoms with Crippen molar-refractivity contribution in [2.45, 2.75) is 103 Å². The maximum atomic E-state index is 5.87. The molecule has 0 rings (SSSR count). The van der Waals surface area contributed by atoms with Crippen molar-refractivity contribution in [2.75, 3.05) is 0 Å². The lowest BCUT2D eigenvalue weighted by molar-refractivity contribution is 0.521. The van der Waals surface area contributed by atoms with Crippen LogP contribution in [0.4, 0.5) is 0 Å². The maximum Gasteiger partial charge on any atom is 0.0238 e. The summed E-state index contributed by atoms with van der Waals surface area (Å²) in [6, 6.07) is 0.230. The van der Waals surface area contributed by atoms with E-state index in [1.165, 1.54) is 77.0 Å². The van der Waals surface area contributed by atoms with Crippen LogP contribution in [0.2, 0.25) is 0 Å². The molecule has 1 nitrogen and oxygen atoms in total. The lowest BCUT2D eigenvalue weighted by atomic mass is 10.0. The number of hydrogen-bond acceptors (Lipinski definition) is 1. The van der Waals surface area contributed by atoms with E-state index in [4.69, 9.17) is 12.2 Å². The minimum absolute atomic E-state index is 0.230. The zero-order chi connectivity index (χ0) is 14.2. The van der Waals surface area contributed by atoms with Crippen molar-refractivity contribution < 1.29 is 0 Å². The Balaban J connectivity index is 3.01. The standard InChI is InChI=1S/C18H35N/c1-3-5-6-7-8-9-10-11-12-13-14-15-17-18(19)16-4-2/h2,18H,3,5-17,19H2,1H3. The highest BCUT2D eigenvalue weighted by Crippen LogP contribution is 2.13. The molecule has 1 unspecified atom stereocenters. The second kappa shape index (κ2) is 15.6. The highest BCUT2D eigenvalue weighted by Gasteiger charge is 1.99. The minimum atomic E-state index is 0.230. The Hall–Kier alpha value is -0.480. The Morgan fingerprint density at radius 2 is 1.21 bits per heavy atom. The van der Waals surface area contributed by atoms with Crippen LogP contribution in [0, 0.1) is 12.3 Å². The van der Waals surface area contributed by atoms with E-state index in [0.29, 0.717) is 0 Å². The number of nitrogens with two attached hydrogens (primary N) is 1. The lowest BCUT2D eigenvalue weighted by Crippen LogP contribution is -2.18. The summed E-state index contributed by atoms with van der Waals surface area (Å²) in [6.07, 6.45) is 23.8. The Bertz CT molecular complexity index is 204. The Morgan fingerprint density at radius 1 is 0.789 bits per heavy atom. The molecule has 2 N–H and O–H groups in total. The molecule has 0 radical (unpaired) electrons. The molecule has 0 aliphatic heterocycles. The molecular weight excluding hydrogens is 230 g/mol. The Morgan fingerprint density at radius 3 is 1.63 bits per heavy atom. The van der Waals surface area contributed by atoms with Gasteiger partial charge in [-0.05, 0) is 6.42 Å². The van der Waals surface area contributed by atoms with Crippen LogP contribution in [-0.2, 0) is 0 Å². The molecule has 0 heterocycles. The van der Waals surface area contributed by atoms with Crippen molar-refractivity contribution in [1.82, 2.24) is 0 Å². The second-order valence-electron chi connectivity index (χ2n) is 5.85. The molecule has 0 bridgehead atoms. The average molecular weight is 265 g/mol. The highest BCUT2D eigenvalue weighted by atomic mass is 14.6. The summed E-state index contributed by atoms with van der Waals surface area (Å²) in [7, 11) is 0. The summed E-state index contributed by atoms with van der Waals surface area (Å²) in [5.41, 5.74) is 5.87. The van der Waals surface area contributed by atoms with Gasteiger partial charge in [0.15, 0.2) is 0 Å². The molecule has 19 heavy (non-hydrogen) atoms. The second-order valence-corrected chi connectivity index (χ2v) is 5.85. The molecule has 0 spiro atoms. The summed E-state index contributed by atoms with van der Waals surface area (Å²) in [5.74, 6) is 2.64. The molecule has 0 aromatic rings. The fraction of sp³-hybridized carbons (Fsp3) is 0.889. The first-order valence-corrected chi connectivity index (χ1v) is 8.50. The van der Waals surface area contributed by atoms with Crippen molar-refractivity contribution in [2.24, 2.45) is 5.73 Å². The van der Waals surface area contributed by atoms with E-state index in [9.17, 15) is 0 Å². The monoisotopic (exact) mass is 265 g/mol. The topological polar surface area (TPSA) is 26.0 Å². The molecule has 0 aliphatic rings. The SMILES string of the molecule is C#CCC(N)CCCCCCCCCCCCCC. The quantitative estimate of drug-likeness (QED) is 0.329. The summed E-state index contributed by atoms with van der Waals surface area (Å²) in [4.78, 5) is 0. The Kier molecular flexibility index (Phi) is 15.2. The zero-order valence-electron chi connectivity index (χ0n) is 13.1. The maximum absolute atomic E-state index is 5.87. The van der Waals surface area contributed by atoms with Gasteiger partial charge >= 0.3 is 0 Å². The molecule has 0 saturated carbocycles. The van der Waals surface area contributed by atoms with Crippen LogP contribution in [0.25, 0.3) is 0 Å². The van der Waals surface area contributed by atoms with Gasteiger partial charge in [-0.1, -0.05) is 84.0 Å². The molecule has 0 amide bonds. The van der Waals surface area contributed by atoms with E-state index < -0.39 is 0 Å². The average Bonchev–Trinajstić information content (AvgIpc) is 2.40. The van der Waals surface area contributed by atoms with Gasteiger partial charge in [-0.25, -0.2) is 0 Å². The first-order valence-electron chi connectivity index (χ1n) is 8.50. The normalized spacial score (nSPS) is 12.3. The molecular formula is C18H35N. The largest absolute Gasteiger partial charge is 0.327 e. The van der Waals surface area contributed by atoms with E-state index in [-0.39, 0.29) is 6.04 Å². The van der Waals surface area contributed by atoms with Gasteiger partial charge in [-0.3, -0.25) is 0 Å². The van der Waals surface area contributed by atoms with Crippen LogP contribution in [-0.4, -0.2) is 6.04 Å². The predicted molar refractivity (Wildman–Crippen MR) is 87.1 cm³/mol. The molecule has 0 saturated heterocycles. The number of terminal acetylenes is 1. The van der Waals surface area contributed by atoms with Gasteiger partial charge in [0.2, 0.25) is 0 Å². The van der Waals surface area contributed by atoms with Crippen molar-refractivity contribution in [3.05, 3.63) is 0 Å². The highest BCUT2D eigenvalue weighted by molar-refractivity contribution is 4.88.